The van der Waals surface area contributed by atoms with E-state index >= 15 is 0 Å². The van der Waals surface area contributed by atoms with E-state index in [1.807, 2.05) is 0 Å². The molecule has 1 aromatic rings. The molecule has 134 valence electrons. The lowest BCUT2D eigenvalue weighted by Gasteiger charge is -2.22. The van der Waals surface area contributed by atoms with Crippen LogP contribution < -0.4 is 5.32 Å². The molecule has 1 fully saturated rings. The van der Waals surface area contributed by atoms with Crippen LogP contribution in [0.15, 0.2) is 30.3 Å². The minimum absolute atomic E-state index is 0.102. The molecule has 2 atom stereocenters. The zero-order valence-corrected chi connectivity index (χ0v) is 13.6. The molecule has 1 aromatic carbocycles. The average molecular weight is 348 g/mol. The van der Waals surface area contributed by atoms with E-state index in [-0.39, 0.29) is 12.8 Å². The summed E-state index contributed by atoms with van der Waals surface area (Å²) < 4.78 is 0. The molecule has 1 heterocycles. The summed E-state index contributed by atoms with van der Waals surface area (Å²) in [5.41, 5.74) is 0.325. The fourth-order valence-electron chi connectivity index (χ4n) is 2.82. The summed E-state index contributed by atoms with van der Waals surface area (Å²) in [6.07, 6.45) is 0.759. The Morgan fingerprint density at radius 2 is 1.84 bits per heavy atom. The van der Waals surface area contributed by atoms with Crippen LogP contribution in [-0.2, 0) is 14.4 Å². The summed E-state index contributed by atoms with van der Waals surface area (Å²) in [4.78, 5) is 48.0. The van der Waals surface area contributed by atoms with E-state index in [9.17, 15) is 24.3 Å². The molecular weight excluding hydrogens is 328 g/mol. The molecule has 0 saturated carbocycles. The van der Waals surface area contributed by atoms with Gasteiger partial charge < -0.3 is 20.4 Å². The van der Waals surface area contributed by atoms with E-state index in [1.165, 1.54) is 4.90 Å². The van der Waals surface area contributed by atoms with Crippen molar-refractivity contribution >= 4 is 23.8 Å². The quantitative estimate of drug-likeness (QED) is 0.667. The molecule has 2 rings (SSSR count). The Bertz CT molecular complexity index is 660. The van der Waals surface area contributed by atoms with Crippen LogP contribution in [0.3, 0.4) is 0 Å². The maximum Gasteiger partial charge on any atom is 0.326 e. The van der Waals surface area contributed by atoms with Crippen LogP contribution in [0.5, 0.6) is 0 Å². The van der Waals surface area contributed by atoms with Crippen molar-refractivity contribution in [2.24, 2.45) is 0 Å². The number of carbonyl (C=O) groups excluding carboxylic acids is 2. The summed E-state index contributed by atoms with van der Waals surface area (Å²) in [6.45, 7) is 0.351. The molecule has 0 radical (unpaired) electrons. The van der Waals surface area contributed by atoms with Gasteiger partial charge >= 0.3 is 11.9 Å². The lowest BCUT2D eigenvalue weighted by Crippen LogP contribution is -2.43. The van der Waals surface area contributed by atoms with Gasteiger partial charge in [-0.05, 0) is 31.4 Å². The van der Waals surface area contributed by atoms with Crippen molar-refractivity contribution in [2.45, 2.75) is 37.8 Å². The second kappa shape index (κ2) is 8.27. The predicted molar refractivity (Wildman–Crippen MR) is 86.9 cm³/mol. The minimum atomic E-state index is -1.24. The van der Waals surface area contributed by atoms with E-state index in [1.54, 1.807) is 30.3 Å². The van der Waals surface area contributed by atoms with Crippen molar-refractivity contribution < 1.29 is 29.4 Å². The second-order valence-corrected chi connectivity index (χ2v) is 5.85. The Balaban J connectivity index is 1.93. The summed E-state index contributed by atoms with van der Waals surface area (Å²) in [5, 5.41) is 20.7. The average Bonchev–Trinajstić information content (AvgIpc) is 3.08. The van der Waals surface area contributed by atoms with Gasteiger partial charge in [0.15, 0.2) is 0 Å². The Morgan fingerprint density at radius 3 is 2.44 bits per heavy atom. The fraction of sp³-hybridized carbons (Fsp3) is 0.412. The van der Waals surface area contributed by atoms with Crippen molar-refractivity contribution in [3.63, 3.8) is 0 Å². The third-order valence-electron chi connectivity index (χ3n) is 4.14. The molecule has 0 unspecified atom stereocenters. The Hall–Kier alpha value is -2.90. The smallest absolute Gasteiger partial charge is 0.326 e. The highest BCUT2D eigenvalue weighted by Gasteiger charge is 2.34. The fourth-order valence-corrected chi connectivity index (χ4v) is 2.82. The largest absolute Gasteiger partial charge is 0.480 e. The number of benzene rings is 1. The van der Waals surface area contributed by atoms with E-state index in [0.717, 1.165) is 0 Å². The van der Waals surface area contributed by atoms with Crippen molar-refractivity contribution in [2.75, 3.05) is 6.54 Å². The van der Waals surface area contributed by atoms with Crippen LogP contribution in [0.1, 0.15) is 36.0 Å². The first kappa shape index (κ1) is 18.4. The third-order valence-corrected chi connectivity index (χ3v) is 4.14. The number of carbonyl (C=O) groups is 4. The summed E-state index contributed by atoms with van der Waals surface area (Å²) in [5.74, 6) is -3.25. The number of carboxylic acids is 2. The zero-order chi connectivity index (χ0) is 18.4. The summed E-state index contributed by atoms with van der Waals surface area (Å²) in [6, 6.07) is 6.10. The third kappa shape index (κ3) is 4.79. The van der Waals surface area contributed by atoms with Gasteiger partial charge in [-0.2, -0.15) is 0 Å². The lowest BCUT2D eigenvalue weighted by atomic mass is 10.1. The van der Waals surface area contributed by atoms with Gasteiger partial charge in [-0.15, -0.1) is 0 Å². The van der Waals surface area contributed by atoms with E-state index in [0.29, 0.717) is 24.9 Å². The molecule has 0 aliphatic carbocycles. The second-order valence-electron chi connectivity index (χ2n) is 5.85. The summed E-state index contributed by atoms with van der Waals surface area (Å²) in [7, 11) is 0. The molecule has 2 amide bonds. The van der Waals surface area contributed by atoms with E-state index < -0.39 is 35.8 Å². The maximum absolute atomic E-state index is 12.2. The molecule has 8 nitrogen and oxygen atoms in total. The molecule has 0 spiro atoms. The predicted octanol–water partition coefficient (Wildman–Crippen LogP) is 0.725. The van der Waals surface area contributed by atoms with Crippen LogP contribution >= 0.6 is 0 Å². The minimum Gasteiger partial charge on any atom is -0.480 e. The number of nitrogens with one attached hydrogen (secondary N) is 1. The summed E-state index contributed by atoms with van der Waals surface area (Å²) >= 11 is 0. The van der Waals surface area contributed by atoms with Crippen LogP contribution in [0.4, 0.5) is 0 Å². The number of likely N-dealkylation sites (tertiary alicyclic amines) is 1. The van der Waals surface area contributed by atoms with Crippen LogP contribution in [0, 0.1) is 0 Å². The Labute approximate surface area is 144 Å². The van der Waals surface area contributed by atoms with Gasteiger partial charge in [0.2, 0.25) is 5.91 Å². The van der Waals surface area contributed by atoms with E-state index in [4.69, 9.17) is 5.11 Å². The van der Waals surface area contributed by atoms with Gasteiger partial charge in [0.05, 0.1) is 0 Å². The molecule has 0 bridgehead atoms. The van der Waals surface area contributed by atoms with Gasteiger partial charge in [0.1, 0.15) is 12.1 Å². The SMILES string of the molecule is O=C(N[C@@H](CCC(=O)N1CCC[C@H]1C(=O)O)C(=O)O)c1ccccc1. The van der Waals surface area contributed by atoms with Crippen LogP contribution in [0.2, 0.25) is 0 Å². The number of carboxylic acid groups (broad SMARTS) is 2. The molecule has 1 aliphatic heterocycles. The number of amides is 2. The maximum atomic E-state index is 12.2. The lowest BCUT2D eigenvalue weighted by molar-refractivity contribution is -0.148. The highest BCUT2D eigenvalue weighted by molar-refractivity contribution is 5.96. The van der Waals surface area contributed by atoms with Crippen molar-refractivity contribution in [1.82, 2.24) is 10.2 Å². The topological polar surface area (TPSA) is 124 Å². The number of rotatable bonds is 7. The molecular formula is C17H20N2O6. The number of hydrogen-bond donors (Lipinski definition) is 3. The number of hydrogen-bond acceptors (Lipinski definition) is 4. The van der Waals surface area contributed by atoms with E-state index in [2.05, 4.69) is 5.32 Å². The molecule has 1 aliphatic rings. The number of aliphatic carboxylic acids is 2. The van der Waals surface area contributed by atoms with Crippen molar-refractivity contribution in [3.8, 4) is 0 Å². The first-order valence-corrected chi connectivity index (χ1v) is 8.01. The standard InChI is InChI=1S/C17H20N2O6/c20-14(19-10-4-7-13(19)17(24)25)9-8-12(16(22)23)18-15(21)11-5-2-1-3-6-11/h1-3,5-6,12-13H,4,7-10H2,(H,18,21)(H,22,23)(H,24,25)/t12-,13-/m0/s1. The highest BCUT2D eigenvalue weighted by Crippen LogP contribution is 2.19. The first-order valence-electron chi connectivity index (χ1n) is 8.01. The first-order chi connectivity index (χ1) is 11.9. The van der Waals surface area contributed by atoms with Gasteiger partial charge in [-0.1, -0.05) is 18.2 Å². The Kier molecular flexibility index (Phi) is 6.10. The van der Waals surface area contributed by atoms with Gasteiger partial charge in [-0.25, -0.2) is 9.59 Å². The molecule has 8 heteroatoms. The normalized spacial score (nSPS) is 17.8. The molecule has 3 N–H and O–H groups in total. The monoisotopic (exact) mass is 348 g/mol. The molecule has 25 heavy (non-hydrogen) atoms. The van der Waals surface area contributed by atoms with Gasteiger partial charge in [0.25, 0.3) is 5.91 Å². The zero-order valence-electron chi connectivity index (χ0n) is 13.6. The van der Waals surface area contributed by atoms with Crippen LogP contribution in [0.25, 0.3) is 0 Å². The van der Waals surface area contributed by atoms with Crippen molar-refractivity contribution in [3.05, 3.63) is 35.9 Å². The van der Waals surface area contributed by atoms with Crippen LogP contribution in [-0.4, -0.2) is 57.5 Å². The Morgan fingerprint density at radius 1 is 1.16 bits per heavy atom. The van der Waals surface area contributed by atoms with Gasteiger partial charge in [0, 0.05) is 18.5 Å². The molecule has 0 aromatic heterocycles. The van der Waals surface area contributed by atoms with Gasteiger partial charge in [-0.3, -0.25) is 9.59 Å². The molecule has 1 saturated heterocycles. The highest BCUT2D eigenvalue weighted by atomic mass is 16.4. The van der Waals surface area contributed by atoms with Crippen molar-refractivity contribution in [1.29, 1.82) is 0 Å². The number of nitrogens with zero attached hydrogens (tertiary/aromatic N) is 1.